The molecule has 1 aliphatic carbocycles. The Balaban J connectivity index is 1.83. The van der Waals surface area contributed by atoms with Gasteiger partial charge in [0, 0.05) is 18.7 Å². The normalized spacial score (nSPS) is 16.7. The van der Waals surface area contributed by atoms with Crippen LogP contribution in [0.5, 0.6) is 0 Å². The molecule has 2 rings (SSSR count). The average Bonchev–Trinajstić information content (AvgIpc) is 2.31. The molecule has 0 spiro atoms. The van der Waals surface area contributed by atoms with Crippen molar-refractivity contribution in [2.24, 2.45) is 5.92 Å². The number of hydrogen-bond acceptors (Lipinski definition) is 2. The SMILES string of the molecule is CC(=O)Nc1cccc(C(C)NCCC2CCC2)c1. The number of nitrogens with one attached hydrogen (secondary N) is 2. The number of benzene rings is 1. The van der Waals surface area contributed by atoms with Crippen molar-refractivity contribution < 1.29 is 4.79 Å². The van der Waals surface area contributed by atoms with Crippen LogP contribution in [0.3, 0.4) is 0 Å². The van der Waals surface area contributed by atoms with Crippen LogP contribution in [0, 0.1) is 5.92 Å². The molecule has 1 aliphatic rings. The summed E-state index contributed by atoms with van der Waals surface area (Å²) >= 11 is 0. The zero-order valence-electron chi connectivity index (χ0n) is 11.9. The Morgan fingerprint density at radius 2 is 2.21 bits per heavy atom. The maximum absolute atomic E-state index is 11.1. The molecule has 0 aromatic heterocycles. The van der Waals surface area contributed by atoms with E-state index in [1.165, 1.54) is 38.2 Å². The van der Waals surface area contributed by atoms with E-state index in [1.54, 1.807) is 0 Å². The molecule has 1 fully saturated rings. The van der Waals surface area contributed by atoms with Crippen LogP contribution in [0.2, 0.25) is 0 Å². The third-order valence-corrected chi connectivity index (χ3v) is 3.93. The first-order valence-corrected chi connectivity index (χ1v) is 7.26. The van der Waals surface area contributed by atoms with Crippen LogP contribution >= 0.6 is 0 Å². The van der Waals surface area contributed by atoms with E-state index in [0.717, 1.165) is 18.2 Å². The fraction of sp³-hybridized carbons (Fsp3) is 0.562. The highest BCUT2D eigenvalue weighted by atomic mass is 16.1. The standard InChI is InChI=1S/C16H24N2O/c1-12(17-10-9-14-5-3-6-14)15-7-4-8-16(11-15)18-13(2)19/h4,7-8,11-12,14,17H,3,5-6,9-10H2,1-2H3,(H,18,19). The van der Waals surface area contributed by atoms with Gasteiger partial charge in [0.05, 0.1) is 0 Å². The van der Waals surface area contributed by atoms with Gasteiger partial charge in [-0.05, 0) is 43.5 Å². The molecule has 0 heterocycles. The quantitative estimate of drug-likeness (QED) is 0.822. The van der Waals surface area contributed by atoms with Crippen molar-refractivity contribution in [2.45, 2.75) is 45.6 Å². The van der Waals surface area contributed by atoms with Gasteiger partial charge in [0.1, 0.15) is 0 Å². The third-order valence-electron chi connectivity index (χ3n) is 3.93. The van der Waals surface area contributed by atoms with Crippen LogP contribution in [0.4, 0.5) is 5.69 Å². The average molecular weight is 260 g/mol. The first-order valence-electron chi connectivity index (χ1n) is 7.26. The van der Waals surface area contributed by atoms with E-state index >= 15 is 0 Å². The molecule has 1 unspecified atom stereocenters. The van der Waals surface area contributed by atoms with Gasteiger partial charge in [-0.1, -0.05) is 31.4 Å². The molecule has 1 saturated carbocycles. The number of rotatable bonds is 6. The molecule has 1 aromatic rings. The van der Waals surface area contributed by atoms with E-state index in [2.05, 4.69) is 23.6 Å². The van der Waals surface area contributed by atoms with E-state index in [0.29, 0.717) is 6.04 Å². The van der Waals surface area contributed by atoms with Gasteiger partial charge in [0.2, 0.25) is 5.91 Å². The second-order valence-electron chi connectivity index (χ2n) is 5.57. The second-order valence-corrected chi connectivity index (χ2v) is 5.57. The lowest BCUT2D eigenvalue weighted by Crippen LogP contribution is -2.24. The van der Waals surface area contributed by atoms with Crippen LogP contribution in [-0.4, -0.2) is 12.5 Å². The highest BCUT2D eigenvalue weighted by Gasteiger charge is 2.16. The smallest absolute Gasteiger partial charge is 0.221 e. The largest absolute Gasteiger partial charge is 0.326 e. The van der Waals surface area contributed by atoms with Crippen molar-refractivity contribution in [2.75, 3.05) is 11.9 Å². The molecular formula is C16H24N2O. The van der Waals surface area contributed by atoms with Crippen LogP contribution in [0.15, 0.2) is 24.3 Å². The Hall–Kier alpha value is -1.35. The molecule has 0 saturated heterocycles. The number of amides is 1. The number of carbonyl (C=O) groups excluding carboxylic acids is 1. The molecule has 104 valence electrons. The fourth-order valence-electron chi connectivity index (χ4n) is 2.49. The fourth-order valence-corrected chi connectivity index (χ4v) is 2.49. The first-order chi connectivity index (χ1) is 9.15. The van der Waals surface area contributed by atoms with Crippen LogP contribution < -0.4 is 10.6 Å². The van der Waals surface area contributed by atoms with Crippen molar-refractivity contribution in [3.63, 3.8) is 0 Å². The Kier molecular flexibility index (Phi) is 4.97. The minimum atomic E-state index is -0.0252. The maximum atomic E-state index is 11.1. The second kappa shape index (κ2) is 6.71. The van der Waals surface area contributed by atoms with E-state index in [-0.39, 0.29) is 5.91 Å². The lowest BCUT2D eigenvalue weighted by molar-refractivity contribution is -0.114. The van der Waals surface area contributed by atoms with Crippen molar-refractivity contribution in [3.8, 4) is 0 Å². The summed E-state index contributed by atoms with van der Waals surface area (Å²) in [5, 5.41) is 6.39. The zero-order valence-corrected chi connectivity index (χ0v) is 11.9. The van der Waals surface area contributed by atoms with E-state index in [9.17, 15) is 4.79 Å². The summed E-state index contributed by atoms with van der Waals surface area (Å²) in [5.74, 6) is 0.924. The summed E-state index contributed by atoms with van der Waals surface area (Å²) < 4.78 is 0. The summed E-state index contributed by atoms with van der Waals surface area (Å²) in [6, 6.07) is 8.39. The Labute approximate surface area is 115 Å². The lowest BCUT2D eigenvalue weighted by Gasteiger charge is -2.26. The van der Waals surface area contributed by atoms with Crippen LogP contribution in [0.1, 0.15) is 51.1 Å². The van der Waals surface area contributed by atoms with Crippen LogP contribution in [0.25, 0.3) is 0 Å². The van der Waals surface area contributed by atoms with Gasteiger partial charge in [-0.15, -0.1) is 0 Å². The highest BCUT2D eigenvalue weighted by molar-refractivity contribution is 5.88. The van der Waals surface area contributed by atoms with Gasteiger partial charge in [0.15, 0.2) is 0 Å². The minimum Gasteiger partial charge on any atom is -0.326 e. The summed E-state index contributed by atoms with van der Waals surface area (Å²) in [7, 11) is 0. The van der Waals surface area contributed by atoms with Crippen molar-refractivity contribution >= 4 is 11.6 Å². The molecule has 2 N–H and O–H groups in total. The molecule has 0 radical (unpaired) electrons. The number of hydrogen-bond donors (Lipinski definition) is 2. The third kappa shape index (κ3) is 4.35. The molecule has 3 heteroatoms. The van der Waals surface area contributed by atoms with Gasteiger partial charge in [-0.25, -0.2) is 0 Å². The zero-order chi connectivity index (χ0) is 13.7. The highest BCUT2D eigenvalue weighted by Crippen LogP contribution is 2.29. The van der Waals surface area contributed by atoms with Crippen molar-refractivity contribution in [3.05, 3.63) is 29.8 Å². The predicted molar refractivity (Wildman–Crippen MR) is 79.1 cm³/mol. The number of carbonyl (C=O) groups is 1. The first kappa shape index (κ1) is 14.1. The van der Waals surface area contributed by atoms with Gasteiger partial charge in [0.25, 0.3) is 0 Å². The van der Waals surface area contributed by atoms with Gasteiger partial charge in [-0.3, -0.25) is 4.79 Å². The maximum Gasteiger partial charge on any atom is 0.221 e. The Bertz CT molecular complexity index is 427. The summed E-state index contributed by atoms with van der Waals surface area (Å²) in [5.41, 5.74) is 2.09. The molecular weight excluding hydrogens is 236 g/mol. The van der Waals surface area contributed by atoms with E-state index in [1.807, 2.05) is 18.2 Å². The summed E-state index contributed by atoms with van der Waals surface area (Å²) in [6.45, 7) is 4.79. The minimum absolute atomic E-state index is 0.0252. The van der Waals surface area contributed by atoms with E-state index in [4.69, 9.17) is 0 Å². The Morgan fingerprint density at radius 3 is 2.84 bits per heavy atom. The van der Waals surface area contributed by atoms with Gasteiger partial charge < -0.3 is 10.6 Å². The molecule has 0 bridgehead atoms. The molecule has 1 amide bonds. The molecule has 1 aromatic carbocycles. The van der Waals surface area contributed by atoms with Crippen LogP contribution in [-0.2, 0) is 4.79 Å². The lowest BCUT2D eigenvalue weighted by atomic mass is 9.83. The molecule has 19 heavy (non-hydrogen) atoms. The number of anilines is 1. The topological polar surface area (TPSA) is 41.1 Å². The Morgan fingerprint density at radius 1 is 1.42 bits per heavy atom. The molecule has 3 nitrogen and oxygen atoms in total. The molecule has 1 atom stereocenters. The van der Waals surface area contributed by atoms with E-state index < -0.39 is 0 Å². The van der Waals surface area contributed by atoms with Crippen molar-refractivity contribution in [1.82, 2.24) is 5.32 Å². The van der Waals surface area contributed by atoms with Gasteiger partial charge in [-0.2, -0.15) is 0 Å². The summed E-state index contributed by atoms with van der Waals surface area (Å²) in [4.78, 5) is 11.1. The molecule has 0 aliphatic heterocycles. The summed E-state index contributed by atoms with van der Waals surface area (Å²) in [6.07, 6.45) is 5.52. The monoisotopic (exact) mass is 260 g/mol. The van der Waals surface area contributed by atoms with Gasteiger partial charge >= 0.3 is 0 Å². The van der Waals surface area contributed by atoms with Crippen molar-refractivity contribution in [1.29, 1.82) is 0 Å². The predicted octanol–water partition coefficient (Wildman–Crippen LogP) is 3.49.